The van der Waals surface area contributed by atoms with E-state index in [1.54, 1.807) is 6.08 Å². The number of hydrogen-bond acceptors (Lipinski definition) is 3. The van der Waals surface area contributed by atoms with E-state index in [1.807, 2.05) is 36.4 Å². The molecule has 1 aromatic rings. The minimum absolute atomic E-state index is 0.155. The van der Waals surface area contributed by atoms with Crippen LogP contribution in [-0.4, -0.2) is 11.9 Å². The van der Waals surface area contributed by atoms with E-state index >= 15 is 0 Å². The largest absolute Gasteiger partial charge is 0.393 e. The highest BCUT2D eigenvalue weighted by atomic mass is 16.6. The van der Waals surface area contributed by atoms with Crippen molar-refractivity contribution in [1.82, 2.24) is 0 Å². The van der Waals surface area contributed by atoms with Crippen LogP contribution in [0, 0.1) is 5.92 Å². The molecule has 1 saturated heterocycles. The zero-order valence-corrected chi connectivity index (χ0v) is 8.05. The van der Waals surface area contributed by atoms with Crippen LogP contribution in [0.15, 0.2) is 36.4 Å². The molecule has 0 N–H and O–H groups in total. The maximum absolute atomic E-state index is 11.1. The van der Waals surface area contributed by atoms with Gasteiger partial charge in [0.2, 0.25) is 0 Å². The highest BCUT2D eigenvalue weighted by molar-refractivity contribution is 5.96. The molecule has 0 radical (unpaired) electrons. The highest BCUT2D eigenvalue weighted by Gasteiger charge is 2.30. The number of carbonyl (C=O) groups is 2. The average Bonchev–Trinajstić information content (AvgIpc) is 2.56. The minimum Gasteiger partial charge on any atom is -0.393 e. The summed E-state index contributed by atoms with van der Waals surface area (Å²) in [5, 5.41) is 0. The standard InChI is InChI=1S/C12H10O3/c13-11-8-10(12(14)15-11)7-6-9-4-2-1-3-5-9/h1-7,10H,8H2/b7-6-. The highest BCUT2D eigenvalue weighted by Crippen LogP contribution is 2.18. The fourth-order valence-corrected chi connectivity index (χ4v) is 1.43. The predicted octanol–water partition coefficient (Wildman–Crippen LogP) is 1.79. The third-order valence-corrected chi connectivity index (χ3v) is 2.22. The van der Waals surface area contributed by atoms with Crippen LogP contribution in [0.2, 0.25) is 0 Å². The fraction of sp³-hybridized carbons (Fsp3) is 0.167. The molecule has 3 heteroatoms. The third kappa shape index (κ3) is 2.31. The molecule has 0 aliphatic carbocycles. The van der Waals surface area contributed by atoms with Crippen molar-refractivity contribution >= 4 is 18.0 Å². The van der Waals surface area contributed by atoms with E-state index in [9.17, 15) is 9.59 Å². The number of hydrogen-bond donors (Lipinski definition) is 0. The van der Waals surface area contributed by atoms with Gasteiger partial charge in [0.15, 0.2) is 0 Å². The summed E-state index contributed by atoms with van der Waals surface area (Å²) in [6.07, 6.45) is 3.69. The maximum Gasteiger partial charge on any atom is 0.321 e. The Hall–Kier alpha value is -1.90. The molecule has 15 heavy (non-hydrogen) atoms. The van der Waals surface area contributed by atoms with Gasteiger partial charge in [0, 0.05) is 0 Å². The van der Waals surface area contributed by atoms with Gasteiger partial charge in [-0.2, -0.15) is 0 Å². The van der Waals surface area contributed by atoms with Crippen LogP contribution in [0.4, 0.5) is 0 Å². The summed E-state index contributed by atoms with van der Waals surface area (Å²) in [6.45, 7) is 0. The van der Waals surface area contributed by atoms with Crippen molar-refractivity contribution in [2.24, 2.45) is 5.92 Å². The van der Waals surface area contributed by atoms with Gasteiger partial charge in [0.1, 0.15) is 0 Å². The summed E-state index contributed by atoms with van der Waals surface area (Å²) >= 11 is 0. The lowest BCUT2D eigenvalue weighted by atomic mass is 10.1. The lowest BCUT2D eigenvalue weighted by Gasteiger charge is -1.95. The van der Waals surface area contributed by atoms with Crippen molar-refractivity contribution in [2.75, 3.05) is 0 Å². The van der Waals surface area contributed by atoms with Crippen LogP contribution in [0.3, 0.4) is 0 Å². The van der Waals surface area contributed by atoms with E-state index in [0.717, 1.165) is 5.56 Å². The topological polar surface area (TPSA) is 43.4 Å². The number of cyclic esters (lactones) is 2. The second kappa shape index (κ2) is 4.09. The molecule has 1 fully saturated rings. The molecule has 0 aromatic heterocycles. The SMILES string of the molecule is O=C1CC(/C=C\c2ccccc2)C(=O)O1. The first kappa shape index (κ1) is 9.65. The molecule has 1 aliphatic rings. The van der Waals surface area contributed by atoms with E-state index in [1.165, 1.54) is 0 Å². The quantitative estimate of drug-likeness (QED) is 0.542. The second-order valence-corrected chi connectivity index (χ2v) is 3.37. The van der Waals surface area contributed by atoms with Crippen molar-refractivity contribution in [3.05, 3.63) is 42.0 Å². The molecule has 1 aromatic carbocycles. The summed E-state index contributed by atoms with van der Waals surface area (Å²) < 4.78 is 4.43. The van der Waals surface area contributed by atoms with Gasteiger partial charge in [-0.15, -0.1) is 0 Å². The number of rotatable bonds is 2. The number of esters is 2. The van der Waals surface area contributed by atoms with Gasteiger partial charge in [-0.25, -0.2) is 0 Å². The lowest BCUT2D eigenvalue weighted by molar-refractivity contribution is -0.152. The van der Waals surface area contributed by atoms with Gasteiger partial charge >= 0.3 is 11.9 Å². The van der Waals surface area contributed by atoms with Crippen molar-refractivity contribution in [3.8, 4) is 0 Å². The van der Waals surface area contributed by atoms with Crippen LogP contribution in [-0.2, 0) is 14.3 Å². The van der Waals surface area contributed by atoms with Crippen molar-refractivity contribution < 1.29 is 14.3 Å². The predicted molar refractivity (Wildman–Crippen MR) is 54.7 cm³/mol. The molecule has 0 amide bonds. The Labute approximate surface area is 87.4 Å². The molecule has 0 spiro atoms. The summed E-state index contributed by atoms with van der Waals surface area (Å²) in [4.78, 5) is 21.9. The van der Waals surface area contributed by atoms with Crippen molar-refractivity contribution in [2.45, 2.75) is 6.42 Å². The van der Waals surface area contributed by atoms with E-state index in [0.29, 0.717) is 0 Å². The molecule has 1 unspecified atom stereocenters. The lowest BCUT2D eigenvalue weighted by Crippen LogP contribution is -2.03. The monoisotopic (exact) mass is 202 g/mol. The Morgan fingerprint density at radius 3 is 2.53 bits per heavy atom. The maximum atomic E-state index is 11.1. The summed E-state index contributed by atoms with van der Waals surface area (Å²) in [6, 6.07) is 9.61. The van der Waals surface area contributed by atoms with Crippen LogP contribution in [0.5, 0.6) is 0 Å². The molecule has 2 rings (SSSR count). The Bertz CT molecular complexity index is 406. The van der Waals surface area contributed by atoms with Crippen LogP contribution in [0.1, 0.15) is 12.0 Å². The zero-order chi connectivity index (χ0) is 10.7. The minimum atomic E-state index is -0.452. The molecule has 0 saturated carbocycles. The second-order valence-electron chi connectivity index (χ2n) is 3.37. The molecule has 0 bridgehead atoms. The first-order valence-corrected chi connectivity index (χ1v) is 4.73. The van der Waals surface area contributed by atoms with Crippen molar-refractivity contribution in [3.63, 3.8) is 0 Å². The van der Waals surface area contributed by atoms with Crippen molar-refractivity contribution in [1.29, 1.82) is 0 Å². The average molecular weight is 202 g/mol. The fourth-order valence-electron chi connectivity index (χ4n) is 1.43. The van der Waals surface area contributed by atoms with E-state index in [-0.39, 0.29) is 6.42 Å². The number of benzene rings is 1. The first-order valence-electron chi connectivity index (χ1n) is 4.73. The van der Waals surface area contributed by atoms with Gasteiger partial charge < -0.3 is 4.74 Å². The van der Waals surface area contributed by atoms with E-state index in [2.05, 4.69) is 4.74 Å². The Kier molecular flexibility index (Phi) is 2.63. The normalized spacial score (nSPS) is 20.9. The third-order valence-electron chi connectivity index (χ3n) is 2.22. The van der Waals surface area contributed by atoms with Crippen LogP contribution in [0.25, 0.3) is 6.08 Å². The summed E-state index contributed by atoms with van der Waals surface area (Å²) in [5.74, 6) is -1.31. The van der Waals surface area contributed by atoms with Gasteiger partial charge in [0.05, 0.1) is 12.3 Å². The van der Waals surface area contributed by atoms with Crippen LogP contribution >= 0.6 is 0 Å². The molecule has 1 heterocycles. The van der Waals surface area contributed by atoms with Gasteiger partial charge in [-0.1, -0.05) is 42.5 Å². The molecule has 1 aliphatic heterocycles. The molecular weight excluding hydrogens is 192 g/mol. The van der Waals surface area contributed by atoms with Gasteiger partial charge in [0.25, 0.3) is 0 Å². The number of ether oxygens (including phenoxy) is 1. The van der Waals surface area contributed by atoms with E-state index in [4.69, 9.17) is 0 Å². The smallest absolute Gasteiger partial charge is 0.321 e. The Morgan fingerprint density at radius 1 is 1.20 bits per heavy atom. The van der Waals surface area contributed by atoms with Gasteiger partial charge in [-0.3, -0.25) is 9.59 Å². The first-order chi connectivity index (χ1) is 7.25. The molecule has 76 valence electrons. The summed E-state index contributed by atoms with van der Waals surface area (Å²) in [5.41, 5.74) is 1.00. The summed E-state index contributed by atoms with van der Waals surface area (Å²) in [7, 11) is 0. The van der Waals surface area contributed by atoms with Crippen LogP contribution < -0.4 is 0 Å². The Morgan fingerprint density at radius 2 is 1.93 bits per heavy atom. The molecule has 1 atom stereocenters. The molecular formula is C12H10O3. The van der Waals surface area contributed by atoms with E-state index < -0.39 is 17.9 Å². The van der Waals surface area contributed by atoms with Gasteiger partial charge in [-0.05, 0) is 5.56 Å². The zero-order valence-electron chi connectivity index (χ0n) is 8.05. The molecule has 3 nitrogen and oxygen atoms in total. The number of carbonyl (C=O) groups excluding carboxylic acids is 2. The Balaban J connectivity index is 2.06.